The van der Waals surface area contributed by atoms with Crippen LogP contribution in [0, 0.1) is 18.7 Å². The van der Waals surface area contributed by atoms with Gasteiger partial charge in [0.05, 0.1) is 0 Å². The minimum Gasteiger partial charge on any atom is -0.307 e. The van der Waals surface area contributed by atoms with E-state index in [1.54, 1.807) is 6.07 Å². The molecule has 0 radical (unpaired) electrons. The predicted octanol–water partition coefficient (Wildman–Crippen LogP) is 4.75. The molecule has 1 saturated carbocycles. The van der Waals surface area contributed by atoms with Gasteiger partial charge in [0.25, 0.3) is 0 Å². The molecule has 0 spiro atoms. The highest BCUT2D eigenvalue weighted by molar-refractivity contribution is 5.25. The van der Waals surface area contributed by atoms with E-state index in [1.165, 1.54) is 32.1 Å². The zero-order valence-electron chi connectivity index (χ0n) is 12.4. The van der Waals surface area contributed by atoms with Crippen molar-refractivity contribution in [3.63, 3.8) is 0 Å². The number of rotatable bonds is 3. The summed E-state index contributed by atoms with van der Waals surface area (Å²) in [4.78, 5) is 0. The lowest BCUT2D eigenvalue weighted by molar-refractivity contribution is 0.407. The summed E-state index contributed by atoms with van der Waals surface area (Å²) < 4.78 is 13.6. The lowest BCUT2D eigenvalue weighted by Gasteiger charge is -2.22. The summed E-state index contributed by atoms with van der Waals surface area (Å²) in [5.41, 5.74) is 1.78. The van der Waals surface area contributed by atoms with Crippen LogP contribution in [0.2, 0.25) is 0 Å². The van der Waals surface area contributed by atoms with E-state index in [4.69, 9.17) is 0 Å². The number of benzene rings is 1. The molecule has 0 heterocycles. The Labute approximate surface area is 116 Å². The summed E-state index contributed by atoms with van der Waals surface area (Å²) in [5.74, 6) is 0.763. The second-order valence-electron chi connectivity index (χ2n) is 6.21. The third-order valence-corrected chi connectivity index (χ3v) is 4.44. The SMILES string of the molecule is Cc1ccc(C(C)NC2CCCC(C)CC2)cc1F. The largest absolute Gasteiger partial charge is 0.307 e. The quantitative estimate of drug-likeness (QED) is 0.776. The molecule has 0 aromatic heterocycles. The summed E-state index contributed by atoms with van der Waals surface area (Å²) in [7, 11) is 0. The standard InChI is InChI=1S/C17H26FN/c1-12-5-4-6-16(10-7-12)19-14(3)15-9-8-13(2)17(18)11-15/h8-9,11-12,14,16,19H,4-7,10H2,1-3H3. The van der Waals surface area contributed by atoms with Crippen molar-refractivity contribution in [2.24, 2.45) is 5.92 Å². The highest BCUT2D eigenvalue weighted by Gasteiger charge is 2.18. The Kier molecular flexibility index (Phi) is 4.98. The maximum atomic E-state index is 13.6. The maximum absolute atomic E-state index is 13.6. The normalized spacial score (nSPS) is 25.9. The zero-order valence-corrected chi connectivity index (χ0v) is 12.4. The van der Waals surface area contributed by atoms with Crippen molar-refractivity contribution in [1.82, 2.24) is 5.32 Å². The third-order valence-electron chi connectivity index (χ3n) is 4.44. The zero-order chi connectivity index (χ0) is 13.8. The summed E-state index contributed by atoms with van der Waals surface area (Å²) in [6, 6.07) is 6.40. The van der Waals surface area contributed by atoms with E-state index >= 15 is 0 Å². The second kappa shape index (κ2) is 6.51. The first-order valence-corrected chi connectivity index (χ1v) is 7.58. The number of hydrogen-bond acceptors (Lipinski definition) is 1. The van der Waals surface area contributed by atoms with Crippen LogP contribution in [0.3, 0.4) is 0 Å². The fraction of sp³-hybridized carbons (Fsp3) is 0.647. The van der Waals surface area contributed by atoms with Crippen molar-refractivity contribution in [2.45, 2.75) is 65.0 Å². The van der Waals surface area contributed by atoms with Gasteiger partial charge in [0.15, 0.2) is 0 Å². The van der Waals surface area contributed by atoms with Gasteiger partial charge in [0.1, 0.15) is 5.82 Å². The molecular weight excluding hydrogens is 237 g/mol. The van der Waals surface area contributed by atoms with Gasteiger partial charge in [-0.05, 0) is 56.2 Å². The van der Waals surface area contributed by atoms with Crippen LogP contribution in [0.1, 0.15) is 63.1 Å². The van der Waals surface area contributed by atoms with Crippen LogP contribution >= 0.6 is 0 Å². The molecule has 2 heteroatoms. The Hall–Kier alpha value is -0.890. The molecule has 106 valence electrons. The molecule has 3 unspecified atom stereocenters. The van der Waals surface area contributed by atoms with Gasteiger partial charge in [0, 0.05) is 12.1 Å². The van der Waals surface area contributed by atoms with E-state index < -0.39 is 0 Å². The van der Waals surface area contributed by atoms with E-state index in [-0.39, 0.29) is 11.9 Å². The maximum Gasteiger partial charge on any atom is 0.126 e. The van der Waals surface area contributed by atoms with Gasteiger partial charge in [-0.25, -0.2) is 4.39 Å². The summed E-state index contributed by atoms with van der Waals surface area (Å²) in [6.07, 6.45) is 6.48. The monoisotopic (exact) mass is 263 g/mol. The molecule has 0 bridgehead atoms. The first-order valence-electron chi connectivity index (χ1n) is 7.58. The Morgan fingerprint density at radius 1 is 1.21 bits per heavy atom. The summed E-state index contributed by atoms with van der Waals surface area (Å²) in [5, 5.41) is 3.68. The highest BCUT2D eigenvalue weighted by atomic mass is 19.1. The highest BCUT2D eigenvalue weighted by Crippen LogP contribution is 2.25. The fourth-order valence-corrected chi connectivity index (χ4v) is 2.98. The first-order chi connectivity index (χ1) is 9.06. The van der Waals surface area contributed by atoms with Crippen molar-refractivity contribution in [2.75, 3.05) is 0 Å². The van der Waals surface area contributed by atoms with Crippen LogP contribution in [-0.2, 0) is 0 Å². The van der Waals surface area contributed by atoms with Crippen LogP contribution in [0.25, 0.3) is 0 Å². The molecule has 2 rings (SSSR count). The molecular formula is C17H26FN. The molecule has 0 amide bonds. The van der Waals surface area contributed by atoms with Crippen molar-refractivity contribution < 1.29 is 4.39 Å². The predicted molar refractivity (Wildman–Crippen MR) is 78.7 cm³/mol. The number of hydrogen-bond donors (Lipinski definition) is 1. The number of nitrogens with one attached hydrogen (secondary N) is 1. The third kappa shape index (κ3) is 4.04. The molecule has 1 aromatic rings. The van der Waals surface area contributed by atoms with Gasteiger partial charge in [-0.2, -0.15) is 0 Å². The van der Waals surface area contributed by atoms with Gasteiger partial charge < -0.3 is 5.32 Å². The van der Waals surface area contributed by atoms with Crippen LogP contribution in [0.4, 0.5) is 4.39 Å². The van der Waals surface area contributed by atoms with Gasteiger partial charge in [0.2, 0.25) is 0 Å². The molecule has 0 aliphatic heterocycles. The molecule has 3 atom stereocenters. The average molecular weight is 263 g/mol. The smallest absolute Gasteiger partial charge is 0.126 e. The van der Waals surface area contributed by atoms with Crippen molar-refractivity contribution in [1.29, 1.82) is 0 Å². The molecule has 1 nitrogen and oxygen atoms in total. The Bertz CT molecular complexity index is 416. The van der Waals surface area contributed by atoms with E-state index in [0.29, 0.717) is 6.04 Å². The topological polar surface area (TPSA) is 12.0 Å². The van der Waals surface area contributed by atoms with Gasteiger partial charge in [-0.1, -0.05) is 31.9 Å². The molecule has 19 heavy (non-hydrogen) atoms. The molecule has 1 N–H and O–H groups in total. The molecule has 0 saturated heterocycles. The first kappa shape index (κ1) is 14.5. The van der Waals surface area contributed by atoms with Crippen LogP contribution in [0.15, 0.2) is 18.2 Å². The van der Waals surface area contributed by atoms with Crippen molar-refractivity contribution in [3.8, 4) is 0 Å². The Morgan fingerprint density at radius 3 is 2.74 bits per heavy atom. The van der Waals surface area contributed by atoms with Crippen molar-refractivity contribution >= 4 is 0 Å². The summed E-state index contributed by atoms with van der Waals surface area (Å²) >= 11 is 0. The van der Waals surface area contributed by atoms with E-state index in [0.717, 1.165) is 17.0 Å². The molecule has 1 aliphatic carbocycles. The lowest BCUT2D eigenvalue weighted by Crippen LogP contribution is -2.31. The van der Waals surface area contributed by atoms with Crippen LogP contribution in [-0.4, -0.2) is 6.04 Å². The second-order valence-corrected chi connectivity index (χ2v) is 6.21. The molecule has 1 aliphatic rings. The fourth-order valence-electron chi connectivity index (χ4n) is 2.98. The van der Waals surface area contributed by atoms with E-state index in [9.17, 15) is 4.39 Å². The number of aryl methyl sites for hydroxylation is 1. The van der Waals surface area contributed by atoms with Crippen LogP contribution in [0.5, 0.6) is 0 Å². The van der Waals surface area contributed by atoms with Crippen LogP contribution < -0.4 is 5.32 Å². The molecule has 1 fully saturated rings. The van der Waals surface area contributed by atoms with Gasteiger partial charge in [-0.3, -0.25) is 0 Å². The van der Waals surface area contributed by atoms with Gasteiger partial charge in [-0.15, -0.1) is 0 Å². The minimum atomic E-state index is -0.0966. The average Bonchev–Trinajstić information content (AvgIpc) is 2.58. The van der Waals surface area contributed by atoms with E-state index in [2.05, 4.69) is 19.2 Å². The Balaban J connectivity index is 1.96. The lowest BCUT2D eigenvalue weighted by atomic mass is 10.0. The number of halogens is 1. The van der Waals surface area contributed by atoms with Crippen molar-refractivity contribution in [3.05, 3.63) is 35.1 Å². The van der Waals surface area contributed by atoms with E-state index in [1.807, 2.05) is 19.1 Å². The molecule has 1 aromatic carbocycles. The Morgan fingerprint density at radius 2 is 2.00 bits per heavy atom. The minimum absolute atomic E-state index is 0.0966. The van der Waals surface area contributed by atoms with Gasteiger partial charge >= 0.3 is 0 Å². The summed E-state index contributed by atoms with van der Waals surface area (Å²) in [6.45, 7) is 6.30.